The summed E-state index contributed by atoms with van der Waals surface area (Å²) in [6.07, 6.45) is 0. The Labute approximate surface area is 107 Å². The standard InChI is InChI=1S/C11H13F2NO3S/c1-3-17-10(16)11(12,13)9(15)14-7(2)8-4-5-18-6-8/h4-7H,3H2,1-2H3,(H,14,15). The quantitative estimate of drug-likeness (QED) is 0.662. The number of hydrogen-bond acceptors (Lipinski definition) is 4. The molecule has 1 aromatic heterocycles. The zero-order valence-corrected chi connectivity index (χ0v) is 10.7. The van der Waals surface area contributed by atoms with Crippen molar-refractivity contribution in [3.63, 3.8) is 0 Å². The van der Waals surface area contributed by atoms with E-state index in [1.165, 1.54) is 18.3 Å². The number of ether oxygens (including phenoxy) is 1. The van der Waals surface area contributed by atoms with Gasteiger partial charge >= 0.3 is 17.8 Å². The minimum Gasteiger partial charge on any atom is -0.461 e. The van der Waals surface area contributed by atoms with Crippen LogP contribution in [0.4, 0.5) is 8.78 Å². The molecular weight excluding hydrogens is 264 g/mol. The second kappa shape index (κ2) is 5.90. The van der Waals surface area contributed by atoms with E-state index in [4.69, 9.17) is 0 Å². The van der Waals surface area contributed by atoms with E-state index >= 15 is 0 Å². The van der Waals surface area contributed by atoms with Crippen LogP contribution in [0.5, 0.6) is 0 Å². The first-order chi connectivity index (χ1) is 8.39. The predicted octanol–water partition coefficient (Wildman–Crippen LogP) is 2.12. The molecule has 4 nitrogen and oxygen atoms in total. The molecule has 1 amide bonds. The lowest BCUT2D eigenvalue weighted by molar-refractivity contribution is -0.177. The fourth-order valence-electron chi connectivity index (χ4n) is 1.21. The highest BCUT2D eigenvalue weighted by Crippen LogP contribution is 2.20. The van der Waals surface area contributed by atoms with Gasteiger partial charge in [-0.05, 0) is 36.2 Å². The van der Waals surface area contributed by atoms with Crippen LogP contribution in [0.1, 0.15) is 25.5 Å². The van der Waals surface area contributed by atoms with Crippen LogP contribution in [0.2, 0.25) is 0 Å². The van der Waals surface area contributed by atoms with Gasteiger partial charge < -0.3 is 10.1 Å². The first-order valence-corrected chi connectivity index (χ1v) is 6.22. The zero-order valence-electron chi connectivity index (χ0n) is 9.91. The van der Waals surface area contributed by atoms with Gasteiger partial charge in [0.15, 0.2) is 0 Å². The van der Waals surface area contributed by atoms with Crippen molar-refractivity contribution in [1.82, 2.24) is 5.32 Å². The number of nitrogens with one attached hydrogen (secondary N) is 1. The normalized spacial score (nSPS) is 12.9. The van der Waals surface area contributed by atoms with Crippen LogP contribution in [0.15, 0.2) is 16.8 Å². The monoisotopic (exact) mass is 277 g/mol. The molecule has 18 heavy (non-hydrogen) atoms. The maximum absolute atomic E-state index is 13.3. The number of rotatable bonds is 5. The summed E-state index contributed by atoms with van der Waals surface area (Å²) in [5.41, 5.74) is 0.702. The lowest BCUT2D eigenvalue weighted by atomic mass is 10.1. The molecule has 0 fully saturated rings. The highest BCUT2D eigenvalue weighted by molar-refractivity contribution is 7.07. The molecule has 0 saturated heterocycles. The minimum atomic E-state index is -4.17. The third-order valence-corrected chi connectivity index (χ3v) is 2.91. The molecule has 0 bridgehead atoms. The lowest BCUT2D eigenvalue weighted by Gasteiger charge is -2.18. The molecule has 1 N–H and O–H groups in total. The molecule has 0 aliphatic heterocycles. The summed E-state index contributed by atoms with van der Waals surface area (Å²) >= 11 is 1.39. The van der Waals surface area contributed by atoms with E-state index in [1.54, 1.807) is 23.8 Å². The fourth-order valence-corrected chi connectivity index (χ4v) is 1.96. The highest BCUT2D eigenvalue weighted by atomic mass is 32.1. The third kappa shape index (κ3) is 3.25. The van der Waals surface area contributed by atoms with E-state index in [9.17, 15) is 18.4 Å². The summed E-state index contributed by atoms with van der Waals surface area (Å²) in [4.78, 5) is 22.3. The number of thiophene rings is 1. The fraction of sp³-hybridized carbons (Fsp3) is 0.455. The van der Waals surface area contributed by atoms with Crippen molar-refractivity contribution in [2.45, 2.75) is 25.8 Å². The molecule has 0 aromatic carbocycles. The van der Waals surface area contributed by atoms with E-state index in [-0.39, 0.29) is 6.61 Å². The van der Waals surface area contributed by atoms with Gasteiger partial charge in [-0.25, -0.2) is 4.79 Å². The summed E-state index contributed by atoms with van der Waals surface area (Å²) in [6.45, 7) is 2.74. The lowest BCUT2D eigenvalue weighted by Crippen LogP contribution is -2.47. The van der Waals surface area contributed by atoms with Crippen molar-refractivity contribution in [3.8, 4) is 0 Å². The molecule has 0 aliphatic rings. The van der Waals surface area contributed by atoms with Crippen LogP contribution >= 0.6 is 11.3 Å². The maximum atomic E-state index is 13.3. The Hall–Kier alpha value is -1.50. The van der Waals surface area contributed by atoms with E-state index in [1.807, 2.05) is 0 Å². The van der Waals surface area contributed by atoms with E-state index in [0.717, 1.165) is 0 Å². The Morgan fingerprint density at radius 3 is 2.72 bits per heavy atom. The second-order valence-electron chi connectivity index (χ2n) is 3.55. The maximum Gasteiger partial charge on any atom is 0.418 e. The number of carbonyl (C=O) groups excluding carboxylic acids is 2. The topological polar surface area (TPSA) is 55.4 Å². The first-order valence-electron chi connectivity index (χ1n) is 5.27. The molecule has 7 heteroatoms. The van der Waals surface area contributed by atoms with Crippen molar-refractivity contribution in [1.29, 1.82) is 0 Å². The average Bonchev–Trinajstić information content (AvgIpc) is 2.82. The summed E-state index contributed by atoms with van der Waals surface area (Å²) in [5.74, 6) is -7.65. The second-order valence-corrected chi connectivity index (χ2v) is 4.33. The SMILES string of the molecule is CCOC(=O)C(F)(F)C(=O)NC(C)c1ccsc1. The smallest absolute Gasteiger partial charge is 0.418 e. The van der Waals surface area contributed by atoms with Gasteiger partial charge in [0.25, 0.3) is 0 Å². The molecule has 0 aliphatic carbocycles. The van der Waals surface area contributed by atoms with Crippen molar-refractivity contribution >= 4 is 23.2 Å². The predicted molar refractivity (Wildman–Crippen MR) is 62.5 cm³/mol. The molecule has 1 rings (SSSR count). The summed E-state index contributed by atoms with van der Waals surface area (Å²) in [7, 11) is 0. The van der Waals surface area contributed by atoms with E-state index in [0.29, 0.717) is 5.56 Å². The molecule has 1 aromatic rings. The summed E-state index contributed by atoms with van der Waals surface area (Å²) in [6, 6.07) is 1.11. The largest absolute Gasteiger partial charge is 0.461 e. The Morgan fingerprint density at radius 1 is 1.56 bits per heavy atom. The highest BCUT2D eigenvalue weighted by Gasteiger charge is 2.49. The molecule has 0 saturated carbocycles. The third-order valence-electron chi connectivity index (χ3n) is 2.21. The Bertz CT molecular complexity index is 420. The number of alkyl halides is 2. The van der Waals surface area contributed by atoms with Gasteiger partial charge in [-0.15, -0.1) is 0 Å². The van der Waals surface area contributed by atoms with Gasteiger partial charge in [0.1, 0.15) is 0 Å². The summed E-state index contributed by atoms with van der Waals surface area (Å²) in [5, 5.41) is 5.57. The van der Waals surface area contributed by atoms with Crippen LogP contribution < -0.4 is 5.32 Å². The van der Waals surface area contributed by atoms with Gasteiger partial charge in [-0.3, -0.25) is 4.79 Å². The van der Waals surface area contributed by atoms with Crippen molar-refractivity contribution in [2.75, 3.05) is 6.61 Å². The number of amides is 1. The molecule has 0 spiro atoms. The van der Waals surface area contributed by atoms with Crippen LogP contribution in [-0.4, -0.2) is 24.4 Å². The molecular formula is C11H13F2NO3S. The van der Waals surface area contributed by atoms with E-state index in [2.05, 4.69) is 10.1 Å². The Balaban J connectivity index is 2.67. The van der Waals surface area contributed by atoms with Crippen LogP contribution in [0.25, 0.3) is 0 Å². The van der Waals surface area contributed by atoms with Crippen molar-refractivity contribution in [2.24, 2.45) is 0 Å². The van der Waals surface area contributed by atoms with Gasteiger partial charge in [0.2, 0.25) is 0 Å². The van der Waals surface area contributed by atoms with Crippen LogP contribution in [0, 0.1) is 0 Å². The molecule has 0 radical (unpaired) electrons. The van der Waals surface area contributed by atoms with Crippen LogP contribution in [-0.2, 0) is 14.3 Å². The Morgan fingerprint density at radius 2 is 2.22 bits per heavy atom. The number of esters is 1. The first kappa shape index (κ1) is 14.6. The Kier molecular flexibility index (Phi) is 4.77. The number of halogens is 2. The van der Waals surface area contributed by atoms with Gasteiger partial charge in [-0.2, -0.15) is 20.1 Å². The molecule has 100 valence electrons. The minimum absolute atomic E-state index is 0.207. The average molecular weight is 277 g/mol. The van der Waals surface area contributed by atoms with E-state index < -0.39 is 23.8 Å². The zero-order chi connectivity index (χ0) is 13.8. The molecule has 1 heterocycles. The number of hydrogen-bond donors (Lipinski definition) is 1. The van der Waals surface area contributed by atoms with Crippen molar-refractivity contribution in [3.05, 3.63) is 22.4 Å². The van der Waals surface area contributed by atoms with Crippen LogP contribution in [0.3, 0.4) is 0 Å². The van der Waals surface area contributed by atoms with Gasteiger partial charge in [0, 0.05) is 0 Å². The number of carbonyl (C=O) groups is 2. The van der Waals surface area contributed by atoms with Gasteiger partial charge in [0.05, 0.1) is 12.6 Å². The molecule has 1 unspecified atom stereocenters. The summed E-state index contributed by atoms with van der Waals surface area (Å²) < 4.78 is 30.8. The van der Waals surface area contributed by atoms with Crippen molar-refractivity contribution < 1.29 is 23.1 Å². The molecule has 1 atom stereocenters. The van der Waals surface area contributed by atoms with Gasteiger partial charge in [-0.1, -0.05) is 0 Å².